The van der Waals surface area contributed by atoms with Crippen LogP contribution >= 0.6 is 0 Å². The van der Waals surface area contributed by atoms with Gasteiger partial charge in [-0.05, 0) is 84.7 Å². The van der Waals surface area contributed by atoms with Gasteiger partial charge in [0.25, 0.3) is 0 Å². The Morgan fingerprint density at radius 1 is 0.516 bits per heavy atom. The number of methoxy groups -OCH3 is 3. The molecule has 0 heterocycles. The van der Waals surface area contributed by atoms with E-state index in [2.05, 4.69) is 52.0 Å². The second-order valence-corrected chi connectivity index (χ2v) is 15.0. The van der Waals surface area contributed by atoms with Crippen molar-refractivity contribution < 1.29 is 76.2 Å². The van der Waals surface area contributed by atoms with Crippen LogP contribution in [-0.2, 0) is 86.2 Å². The van der Waals surface area contributed by atoms with Crippen molar-refractivity contribution in [3.8, 4) is 22.6 Å². The molecule has 3 rings (SSSR count). The molecular weight excluding hydrogens is 833 g/mol. The van der Waals surface area contributed by atoms with Gasteiger partial charge in [0, 0.05) is 5.57 Å². The monoisotopic (exact) mass is 890 g/mol. The van der Waals surface area contributed by atoms with Crippen molar-refractivity contribution in [1.82, 2.24) is 0 Å². The van der Waals surface area contributed by atoms with E-state index in [1.165, 1.54) is 51.0 Å². The predicted octanol–water partition coefficient (Wildman–Crippen LogP) is 6.40. The van der Waals surface area contributed by atoms with Gasteiger partial charge in [-0.15, -0.1) is 0 Å². The van der Waals surface area contributed by atoms with Gasteiger partial charge >= 0.3 is 41.8 Å². The minimum absolute atomic E-state index is 0.0453. The molecule has 0 radical (unpaired) electrons. The molecule has 0 bridgehead atoms. The zero-order valence-electron chi connectivity index (χ0n) is 37.2. The topological polar surface area (TPSA) is 203 Å². The molecule has 346 valence electrons. The van der Waals surface area contributed by atoms with E-state index in [0.717, 1.165) is 44.4 Å². The molecule has 3 aromatic carbocycles. The predicted molar refractivity (Wildman–Crippen MR) is 231 cm³/mol. The van der Waals surface area contributed by atoms with Crippen molar-refractivity contribution in [1.29, 1.82) is 0 Å². The van der Waals surface area contributed by atoms with Gasteiger partial charge in [0.2, 0.25) is 0 Å². The molecule has 0 fully saturated rings. The van der Waals surface area contributed by atoms with Gasteiger partial charge in [0.15, 0.2) is 0 Å². The van der Waals surface area contributed by atoms with Crippen molar-refractivity contribution in [3.63, 3.8) is 0 Å². The van der Waals surface area contributed by atoms with E-state index in [9.17, 15) is 33.6 Å². The Bertz CT molecular complexity index is 1960. The van der Waals surface area contributed by atoms with Gasteiger partial charge in [-0.1, -0.05) is 88.1 Å². The lowest BCUT2D eigenvalue weighted by molar-refractivity contribution is -0.180. The highest BCUT2D eigenvalue weighted by atomic mass is 16.6. The highest BCUT2D eigenvalue weighted by molar-refractivity contribution is 6.30. The number of hydrogen-bond acceptors (Lipinski definition) is 16. The van der Waals surface area contributed by atoms with Crippen molar-refractivity contribution in [2.75, 3.05) is 54.4 Å². The lowest BCUT2D eigenvalue weighted by Crippen LogP contribution is -2.45. The second-order valence-electron chi connectivity index (χ2n) is 15.0. The summed E-state index contributed by atoms with van der Waals surface area (Å²) in [5.74, 6) is -8.11. The fourth-order valence-electron chi connectivity index (χ4n) is 6.03. The highest BCUT2D eigenvalue weighted by Crippen LogP contribution is 2.31. The highest BCUT2D eigenvalue weighted by Gasteiger charge is 2.40. The summed E-state index contributed by atoms with van der Waals surface area (Å²) in [5, 5.41) is 0. The van der Waals surface area contributed by atoms with Crippen LogP contribution in [-0.4, -0.2) is 96.1 Å². The van der Waals surface area contributed by atoms with Gasteiger partial charge in [0.05, 0.1) is 27.9 Å². The molecule has 0 aliphatic rings. The molecule has 0 saturated carbocycles. The molecule has 0 amide bonds. The summed E-state index contributed by atoms with van der Waals surface area (Å²) >= 11 is 0. The molecular formula is C48H58O16. The number of rotatable bonds is 25. The molecule has 0 saturated heterocycles. The van der Waals surface area contributed by atoms with Gasteiger partial charge < -0.3 is 42.6 Å². The van der Waals surface area contributed by atoms with E-state index in [-0.39, 0.29) is 17.9 Å². The Balaban J connectivity index is 1.86. The average molecular weight is 891 g/mol. The number of ether oxygens (including phenoxy) is 9. The van der Waals surface area contributed by atoms with Crippen LogP contribution in [0.15, 0.2) is 78.9 Å². The van der Waals surface area contributed by atoms with Crippen LogP contribution in [0.1, 0.15) is 75.5 Å². The van der Waals surface area contributed by atoms with Crippen LogP contribution in [0.5, 0.6) is 11.5 Å². The first-order chi connectivity index (χ1) is 30.7. The summed E-state index contributed by atoms with van der Waals surface area (Å²) in [6.45, 7) is 4.80. The Morgan fingerprint density at radius 2 is 1.03 bits per heavy atom. The SMILES string of the molecule is C=C(C)C(=O)OCCCc1cc(-c2ccc(OCc3ccc(CCCCCCCC)cc3)cc2)ccc1OCC(COC(=O)C(=O)OC)(COC(=O)C(=O)OC)COC(=O)C(=O)OC. The maximum Gasteiger partial charge on any atom is 0.417 e. The fraction of sp³-hybridized carbons (Fsp3) is 0.438. The summed E-state index contributed by atoms with van der Waals surface area (Å²) in [5.41, 5.74) is 2.99. The molecule has 0 atom stereocenters. The van der Waals surface area contributed by atoms with E-state index in [1.54, 1.807) is 12.1 Å². The molecule has 3 aromatic rings. The third kappa shape index (κ3) is 17.6. The molecule has 0 N–H and O–H groups in total. The van der Waals surface area contributed by atoms with Gasteiger partial charge in [0.1, 0.15) is 49.9 Å². The number of aryl methyl sites for hydroxylation is 2. The average Bonchev–Trinajstić information content (AvgIpc) is 3.32. The zero-order valence-corrected chi connectivity index (χ0v) is 37.2. The fourth-order valence-corrected chi connectivity index (χ4v) is 6.03. The van der Waals surface area contributed by atoms with Crippen molar-refractivity contribution in [2.45, 2.75) is 78.2 Å². The van der Waals surface area contributed by atoms with E-state index in [0.29, 0.717) is 30.8 Å². The second kappa shape index (κ2) is 27.4. The van der Waals surface area contributed by atoms with Crippen molar-refractivity contribution in [3.05, 3.63) is 95.6 Å². The molecule has 0 unspecified atom stereocenters. The number of unbranched alkanes of at least 4 members (excludes halogenated alkanes) is 5. The summed E-state index contributed by atoms with van der Waals surface area (Å²) < 4.78 is 46.2. The minimum atomic E-state index is -1.85. The van der Waals surface area contributed by atoms with E-state index < -0.39 is 73.6 Å². The molecule has 16 nitrogen and oxygen atoms in total. The smallest absolute Gasteiger partial charge is 0.417 e. The number of carbonyl (C=O) groups excluding carboxylic acids is 7. The number of hydrogen-bond donors (Lipinski definition) is 0. The van der Waals surface area contributed by atoms with E-state index in [4.69, 9.17) is 28.4 Å². The van der Waals surface area contributed by atoms with Crippen molar-refractivity contribution in [2.24, 2.45) is 5.41 Å². The molecule has 64 heavy (non-hydrogen) atoms. The molecule has 0 spiro atoms. The third-order valence-corrected chi connectivity index (χ3v) is 9.79. The maximum absolute atomic E-state index is 12.4. The van der Waals surface area contributed by atoms with Crippen LogP contribution in [0.2, 0.25) is 0 Å². The zero-order chi connectivity index (χ0) is 46.9. The molecule has 16 heteroatoms. The first-order valence-corrected chi connectivity index (χ1v) is 20.9. The quantitative estimate of drug-likeness (QED) is 0.0297. The van der Waals surface area contributed by atoms with Crippen LogP contribution in [0, 0.1) is 5.41 Å². The van der Waals surface area contributed by atoms with Gasteiger partial charge in [-0.25, -0.2) is 33.6 Å². The van der Waals surface area contributed by atoms with Crippen LogP contribution < -0.4 is 9.47 Å². The summed E-state index contributed by atoms with van der Waals surface area (Å²) in [6, 6.07) is 21.3. The van der Waals surface area contributed by atoms with Crippen LogP contribution in [0.25, 0.3) is 11.1 Å². The third-order valence-electron chi connectivity index (χ3n) is 9.79. The summed E-state index contributed by atoms with van der Waals surface area (Å²) in [6.07, 6.45) is 9.27. The molecule has 0 aromatic heterocycles. The van der Waals surface area contributed by atoms with E-state index in [1.807, 2.05) is 30.3 Å². The Kier molecular flexibility index (Phi) is 22.1. The van der Waals surface area contributed by atoms with Gasteiger partial charge in [-0.3, -0.25) is 0 Å². The first-order valence-electron chi connectivity index (χ1n) is 20.9. The Morgan fingerprint density at radius 3 is 1.56 bits per heavy atom. The number of benzene rings is 3. The number of carbonyl (C=O) groups is 7. The largest absolute Gasteiger partial charge is 0.492 e. The Hall–Kier alpha value is -6.71. The minimum Gasteiger partial charge on any atom is -0.492 e. The maximum atomic E-state index is 12.4. The summed E-state index contributed by atoms with van der Waals surface area (Å²) in [4.78, 5) is 84.9. The van der Waals surface area contributed by atoms with Crippen LogP contribution in [0.4, 0.5) is 0 Å². The van der Waals surface area contributed by atoms with Gasteiger partial charge in [-0.2, -0.15) is 0 Å². The molecule has 0 aliphatic carbocycles. The standard InChI is InChI=1S/C48H58O16/c1-7-8-9-10-11-12-14-34-16-18-35(19-17-34)28-60-39-23-20-36(21-24-39)37-22-25-40(38(27-37)15-13-26-59-41(49)33(2)3)61-29-48(30-62-45(53)42(50)56-4,31-63-46(54)43(51)57-5)32-64-47(55)44(52)58-6/h16-25,27H,2,7-15,26,28-32H2,1,3-6H3. The normalized spacial score (nSPS) is 10.8. The van der Waals surface area contributed by atoms with Crippen molar-refractivity contribution >= 4 is 41.8 Å². The number of esters is 7. The Labute approximate surface area is 373 Å². The summed E-state index contributed by atoms with van der Waals surface area (Å²) in [7, 11) is 2.84. The first kappa shape index (κ1) is 51.6. The lowest BCUT2D eigenvalue weighted by Gasteiger charge is -2.31. The van der Waals surface area contributed by atoms with Crippen LogP contribution in [0.3, 0.4) is 0 Å². The van der Waals surface area contributed by atoms with E-state index >= 15 is 0 Å². The molecule has 0 aliphatic heterocycles. The lowest BCUT2D eigenvalue weighted by atomic mass is 9.92.